The van der Waals surface area contributed by atoms with Gasteiger partial charge in [-0.05, 0) is 54.4 Å². The number of hydrogen-bond donors (Lipinski definition) is 1. The molecule has 10 heteroatoms. The van der Waals surface area contributed by atoms with Crippen molar-refractivity contribution < 1.29 is 27.5 Å². The smallest absolute Gasteiger partial charge is 0.416 e. The number of esters is 1. The number of nitrogens with one attached hydrogen (secondary N) is 1. The van der Waals surface area contributed by atoms with Gasteiger partial charge >= 0.3 is 12.1 Å². The van der Waals surface area contributed by atoms with Crippen molar-refractivity contribution in [3.05, 3.63) is 99.2 Å². The Bertz CT molecular complexity index is 1430. The molecule has 1 atom stereocenters. The highest BCUT2D eigenvalue weighted by molar-refractivity contribution is 9.10. The van der Waals surface area contributed by atoms with Gasteiger partial charge in [-0.25, -0.2) is 4.79 Å². The summed E-state index contributed by atoms with van der Waals surface area (Å²) in [7, 11) is 1.30. The Balaban J connectivity index is 1.62. The first-order valence-electron chi connectivity index (χ1n) is 10.9. The number of ether oxygens (including phenoxy) is 1. The summed E-state index contributed by atoms with van der Waals surface area (Å²) in [5, 5.41) is 7.93. The summed E-state index contributed by atoms with van der Waals surface area (Å²) >= 11 is 3.41. The van der Waals surface area contributed by atoms with E-state index in [0.29, 0.717) is 32.1 Å². The predicted molar refractivity (Wildman–Crippen MR) is 132 cm³/mol. The molecule has 0 fully saturated rings. The van der Waals surface area contributed by atoms with E-state index in [1.54, 1.807) is 55.6 Å². The second-order valence-corrected chi connectivity index (χ2v) is 9.12. The molecule has 4 aromatic rings. The van der Waals surface area contributed by atoms with Gasteiger partial charge in [-0.2, -0.15) is 18.3 Å². The van der Waals surface area contributed by atoms with Crippen LogP contribution in [0.4, 0.5) is 13.2 Å². The van der Waals surface area contributed by atoms with Gasteiger partial charge in [0.05, 0.1) is 48.1 Å². The molecular formula is C26H21BrF3N3O3. The summed E-state index contributed by atoms with van der Waals surface area (Å²) < 4.78 is 46.3. The Kier molecular flexibility index (Phi) is 7.16. The largest absolute Gasteiger partial charge is 0.465 e. The third-order valence-electron chi connectivity index (χ3n) is 5.71. The lowest BCUT2D eigenvalue weighted by Crippen LogP contribution is -2.27. The van der Waals surface area contributed by atoms with Gasteiger partial charge in [-0.1, -0.05) is 40.2 Å². The normalized spacial score (nSPS) is 12.4. The average Bonchev–Trinajstić information content (AvgIpc) is 3.24. The second-order valence-electron chi connectivity index (χ2n) is 8.20. The van der Waals surface area contributed by atoms with E-state index < -0.39 is 23.8 Å². The highest BCUT2D eigenvalue weighted by Crippen LogP contribution is 2.30. The summed E-state index contributed by atoms with van der Waals surface area (Å²) in [6, 6.07) is 14.8. The number of benzene rings is 3. The van der Waals surface area contributed by atoms with Crippen LogP contribution in [0.15, 0.2) is 71.3 Å². The zero-order valence-corrected chi connectivity index (χ0v) is 20.9. The maximum Gasteiger partial charge on any atom is 0.416 e. The maximum absolute atomic E-state index is 13.3. The zero-order valence-electron chi connectivity index (χ0n) is 19.3. The first-order valence-corrected chi connectivity index (χ1v) is 11.7. The van der Waals surface area contributed by atoms with Crippen LogP contribution in [0.25, 0.3) is 10.9 Å². The minimum atomic E-state index is -4.46. The molecule has 4 rings (SSSR count). The van der Waals surface area contributed by atoms with Crippen LogP contribution in [0.2, 0.25) is 0 Å². The van der Waals surface area contributed by atoms with Gasteiger partial charge in [-0.15, -0.1) is 0 Å². The number of alkyl halides is 3. The molecule has 0 aliphatic heterocycles. The van der Waals surface area contributed by atoms with Crippen LogP contribution in [0.5, 0.6) is 0 Å². The number of halogens is 4. The van der Waals surface area contributed by atoms with E-state index in [1.807, 2.05) is 0 Å². The highest BCUT2D eigenvalue weighted by Gasteiger charge is 2.30. The Labute approximate surface area is 213 Å². The van der Waals surface area contributed by atoms with Gasteiger partial charge in [0.25, 0.3) is 5.91 Å². The molecule has 186 valence electrons. The molecule has 0 saturated carbocycles. The van der Waals surface area contributed by atoms with E-state index in [0.717, 1.165) is 17.7 Å². The molecular weight excluding hydrogens is 539 g/mol. The first kappa shape index (κ1) is 25.4. The lowest BCUT2D eigenvalue weighted by atomic mass is 10.0. The molecule has 6 nitrogen and oxygen atoms in total. The van der Waals surface area contributed by atoms with E-state index in [-0.39, 0.29) is 12.5 Å². The number of nitrogens with zero attached hydrogens (tertiary/aromatic N) is 2. The van der Waals surface area contributed by atoms with Crippen molar-refractivity contribution in [2.24, 2.45) is 0 Å². The van der Waals surface area contributed by atoms with Crippen molar-refractivity contribution in [3.63, 3.8) is 0 Å². The molecule has 0 aliphatic rings. The molecule has 0 radical (unpaired) electrons. The predicted octanol–water partition coefficient (Wildman–Crippen LogP) is 6.14. The van der Waals surface area contributed by atoms with Crippen LogP contribution in [0.1, 0.15) is 50.4 Å². The lowest BCUT2D eigenvalue weighted by molar-refractivity contribution is -0.137. The maximum atomic E-state index is 13.3. The van der Waals surface area contributed by atoms with Crippen molar-refractivity contribution in [1.29, 1.82) is 0 Å². The van der Waals surface area contributed by atoms with Crippen LogP contribution >= 0.6 is 15.9 Å². The fourth-order valence-corrected chi connectivity index (χ4v) is 4.37. The molecule has 1 heterocycles. The molecule has 0 spiro atoms. The van der Waals surface area contributed by atoms with Crippen molar-refractivity contribution in [3.8, 4) is 0 Å². The third kappa shape index (κ3) is 5.43. The Morgan fingerprint density at radius 3 is 2.50 bits per heavy atom. The average molecular weight is 560 g/mol. The number of carbonyl (C=O) groups excluding carboxylic acids is 2. The highest BCUT2D eigenvalue weighted by atomic mass is 79.9. The molecule has 3 aromatic carbocycles. The summed E-state index contributed by atoms with van der Waals surface area (Å²) in [6.07, 6.45) is -2.89. The van der Waals surface area contributed by atoms with E-state index in [9.17, 15) is 22.8 Å². The van der Waals surface area contributed by atoms with Crippen molar-refractivity contribution in [2.45, 2.75) is 25.7 Å². The van der Waals surface area contributed by atoms with Crippen LogP contribution in [0.3, 0.4) is 0 Å². The van der Waals surface area contributed by atoms with Gasteiger partial charge in [0, 0.05) is 9.86 Å². The topological polar surface area (TPSA) is 73.2 Å². The van der Waals surface area contributed by atoms with E-state index in [2.05, 4.69) is 26.3 Å². The van der Waals surface area contributed by atoms with Crippen molar-refractivity contribution in [2.75, 3.05) is 7.11 Å². The van der Waals surface area contributed by atoms with Gasteiger partial charge < -0.3 is 10.1 Å². The van der Waals surface area contributed by atoms with Crippen LogP contribution in [-0.4, -0.2) is 28.8 Å². The fourth-order valence-electron chi connectivity index (χ4n) is 3.89. The lowest BCUT2D eigenvalue weighted by Gasteiger charge is -2.16. The summed E-state index contributed by atoms with van der Waals surface area (Å²) in [6.45, 7) is 1.86. The van der Waals surface area contributed by atoms with Crippen LogP contribution < -0.4 is 5.32 Å². The Morgan fingerprint density at radius 2 is 1.83 bits per heavy atom. The zero-order chi connectivity index (χ0) is 26.0. The number of amides is 1. The van der Waals surface area contributed by atoms with Crippen molar-refractivity contribution in [1.82, 2.24) is 15.1 Å². The van der Waals surface area contributed by atoms with Crippen LogP contribution in [-0.2, 0) is 17.5 Å². The Morgan fingerprint density at radius 1 is 1.11 bits per heavy atom. The van der Waals surface area contributed by atoms with Gasteiger partial charge in [0.2, 0.25) is 0 Å². The SMILES string of the molecule is COC(=O)c1ccc([C@H](C)NC(=O)c2cc(Br)cc3cnn(Cc4cccc(C(F)(F)F)c4)c23)cc1. The number of carbonyl (C=O) groups is 2. The van der Waals surface area contributed by atoms with Crippen molar-refractivity contribution >= 4 is 38.7 Å². The van der Waals surface area contributed by atoms with Gasteiger partial charge in [-0.3, -0.25) is 9.48 Å². The number of methoxy groups -OCH3 is 1. The van der Waals surface area contributed by atoms with Crippen LogP contribution in [0, 0.1) is 0 Å². The third-order valence-corrected chi connectivity index (χ3v) is 6.17. The van der Waals surface area contributed by atoms with E-state index >= 15 is 0 Å². The van der Waals surface area contributed by atoms with E-state index in [1.165, 1.54) is 17.9 Å². The molecule has 1 aromatic heterocycles. The molecule has 0 saturated heterocycles. The molecule has 0 bridgehead atoms. The standard InChI is InChI=1S/C26H21BrF3N3O3/c1-15(17-6-8-18(9-7-17)25(35)36-2)32-24(34)22-12-21(27)11-19-13-31-33(23(19)22)14-16-4-3-5-20(10-16)26(28,29)30/h3-13,15H,14H2,1-2H3,(H,32,34)/t15-/m0/s1. The molecule has 36 heavy (non-hydrogen) atoms. The fraction of sp³-hybridized carbons (Fsp3) is 0.192. The number of aromatic nitrogens is 2. The molecule has 1 N–H and O–H groups in total. The van der Waals surface area contributed by atoms with Gasteiger partial charge in [0.1, 0.15) is 0 Å². The summed E-state index contributed by atoms with van der Waals surface area (Å²) in [5.74, 6) is -0.833. The minimum Gasteiger partial charge on any atom is -0.465 e. The molecule has 1 amide bonds. The Hall–Kier alpha value is -3.66. The molecule has 0 unspecified atom stereocenters. The second kappa shape index (κ2) is 10.1. The minimum absolute atomic E-state index is 0.0554. The number of rotatable bonds is 6. The molecule has 0 aliphatic carbocycles. The number of hydrogen-bond acceptors (Lipinski definition) is 4. The summed E-state index contributed by atoms with van der Waals surface area (Å²) in [5.41, 5.74) is 1.65. The quantitative estimate of drug-likeness (QED) is 0.288. The summed E-state index contributed by atoms with van der Waals surface area (Å²) in [4.78, 5) is 25.0. The van der Waals surface area contributed by atoms with Gasteiger partial charge in [0.15, 0.2) is 0 Å². The number of fused-ring (bicyclic) bond motifs is 1. The monoisotopic (exact) mass is 559 g/mol. The van der Waals surface area contributed by atoms with E-state index in [4.69, 9.17) is 4.74 Å². The first-order chi connectivity index (χ1) is 17.1.